The largest absolute Gasteiger partial charge is 0.374 e. The van der Waals surface area contributed by atoms with Crippen LogP contribution in [0.1, 0.15) is 6.42 Å². The lowest BCUT2D eigenvalue weighted by atomic mass is 9.93. The Labute approximate surface area is 66.0 Å². The van der Waals surface area contributed by atoms with Crippen LogP contribution in [0.15, 0.2) is 24.4 Å². The van der Waals surface area contributed by atoms with Crippen molar-refractivity contribution in [3.05, 3.63) is 31.4 Å². The van der Waals surface area contributed by atoms with Crippen molar-refractivity contribution < 1.29 is 4.79 Å². The third-order valence-electron chi connectivity index (χ3n) is 1.76. The van der Waals surface area contributed by atoms with Crippen LogP contribution in [0.2, 0.25) is 0 Å². The number of primary amides is 1. The van der Waals surface area contributed by atoms with Crippen molar-refractivity contribution in [3.63, 3.8) is 0 Å². The summed E-state index contributed by atoms with van der Waals surface area (Å²) >= 11 is 0. The van der Waals surface area contributed by atoms with Crippen LogP contribution in [0.4, 0.5) is 0 Å². The van der Waals surface area contributed by atoms with E-state index in [4.69, 9.17) is 5.73 Å². The van der Waals surface area contributed by atoms with Gasteiger partial charge in [0.1, 0.15) is 5.54 Å². The zero-order chi connectivity index (χ0) is 8.32. The molecule has 0 aromatic carbocycles. The highest BCUT2D eigenvalue weighted by atomic mass is 16.1. The van der Waals surface area contributed by atoms with E-state index in [0.29, 0.717) is 6.42 Å². The van der Waals surface area contributed by atoms with Gasteiger partial charge in [-0.3, -0.25) is 4.79 Å². The summed E-state index contributed by atoms with van der Waals surface area (Å²) in [5.41, 5.74) is 4.42. The maximum absolute atomic E-state index is 10.9. The van der Waals surface area contributed by atoms with Gasteiger partial charge in [0.25, 0.3) is 0 Å². The lowest BCUT2D eigenvalue weighted by molar-refractivity contribution is -0.122. The first-order valence-corrected chi connectivity index (χ1v) is 3.42. The van der Waals surface area contributed by atoms with E-state index in [-0.39, 0.29) is 0 Å². The lowest BCUT2D eigenvalue weighted by Gasteiger charge is -2.27. The second kappa shape index (κ2) is 2.78. The van der Waals surface area contributed by atoms with Crippen LogP contribution >= 0.6 is 0 Å². The predicted octanol–water partition coefficient (Wildman–Crippen LogP) is 0.108. The molecule has 1 rings (SSSR count). The molecule has 0 saturated heterocycles. The van der Waals surface area contributed by atoms with Gasteiger partial charge in [-0.1, -0.05) is 13.0 Å². The van der Waals surface area contributed by atoms with E-state index in [1.807, 2.05) is 0 Å². The summed E-state index contributed by atoms with van der Waals surface area (Å²) in [6, 6.07) is 0. The van der Waals surface area contributed by atoms with Crippen LogP contribution in [0.5, 0.6) is 0 Å². The van der Waals surface area contributed by atoms with Crippen molar-refractivity contribution in [2.75, 3.05) is 0 Å². The molecule has 0 aliphatic carbocycles. The summed E-state index contributed by atoms with van der Waals surface area (Å²) in [7, 11) is 0. The smallest absolute Gasteiger partial charge is 0.247 e. The van der Waals surface area contributed by atoms with Crippen molar-refractivity contribution in [1.82, 2.24) is 5.32 Å². The molecule has 1 radical (unpaired) electrons. The van der Waals surface area contributed by atoms with E-state index in [2.05, 4.69) is 12.2 Å². The summed E-state index contributed by atoms with van der Waals surface area (Å²) in [6.45, 7) is 3.65. The molecule has 1 aliphatic heterocycles. The van der Waals surface area contributed by atoms with Gasteiger partial charge in [0.05, 0.1) is 0 Å². The second-order valence-electron chi connectivity index (χ2n) is 2.45. The van der Waals surface area contributed by atoms with Gasteiger partial charge in [-0.25, -0.2) is 0 Å². The normalized spacial score (nSPS) is 28.1. The minimum Gasteiger partial charge on any atom is -0.374 e. The minimum absolute atomic E-state index is 0.395. The number of nitrogens with two attached hydrogens (primary N) is 1. The molecule has 0 aromatic heterocycles. The average molecular weight is 151 g/mol. The van der Waals surface area contributed by atoms with Crippen LogP contribution in [0, 0.1) is 6.92 Å². The molecule has 1 amide bonds. The highest BCUT2D eigenvalue weighted by Crippen LogP contribution is 2.13. The maximum atomic E-state index is 10.9. The van der Waals surface area contributed by atoms with E-state index in [1.165, 1.54) is 0 Å². The zero-order valence-electron chi connectivity index (χ0n) is 6.21. The Morgan fingerprint density at radius 2 is 2.36 bits per heavy atom. The first kappa shape index (κ1) is 7.85. The molecule has 0 fully saturated rings. The molecular formula is C8H11N2O. The molecular weight excluding hydrogens is 140 g/mol. The topological polar surface area (TPSA) is 55.1 Å². The van der Waals surface area contributed by atoms with Gasteiger partial charge in [-0.05, 0) is 24.8 Å². The highest BCUT2D eigenvalue weighted by molar-refractivity contribution is 5.87. The summed E-state index contributed by atoms with van der Waals surface area (Å²) in [6.07, 6.45) is 7.42. The molecule has 1 heterocycles. The summed E-state index contributed by atoms with van der Waals surface area (Å²) in [5, 5.41) is 2.88. The first-order valence-electron chi connectivity index (χ1n) is 3.42. The summed E-state index contributed by atoms with van der Waals surface area (Å²) in [4.78, 5) is 10.9. The van der Waals surface area contributed by atoms with Gasteiger partial charge in [0.15, 0.2) is 0 Å². The molecule has 11 heavy (non-hydrogen) atoms. The van der Waals surface area contributed by atoms with E-state index in [9.17, 15) is 4.79 Å². The number of nitrogens with one attached hydrogen (secondary N) is 1. The van der Waals surface area contributed by atoms with Gasteiger partial charge in [-0.2, -0.15) is 0 Å². The number of carbonyl (C=O) groups is 1. The van der Waals surface area contributed by atoms with E-state index in [0.717, 1.165) is 0 Å². The fraction of sp³-hybridized carbons (Fsp3) is 0.250. The minimum atomic E-state index is -0.769. The Morgan fingerprint density at radius 1 is 1.64 bits per heavy atom. The highest BCUT2D eigenvalue weighted by Gasteiger charge is 2.30. The van der Waals surface area contributed by atoms with Crippen LogP contribution in [-0.4, -0.2) is 11.4 Å². The van der Waals surface area contributed by atoms with E-state index in [1.54, 1.807) is 24.4 Å². The van der Waals surface area contributed by atoms with Crippen LogP contribution < -0.4 is 11.1 Å². The second-order valence-corrected chi connectivity index (χ2v) is 2.45. The molecule has 59 valence electrons. The first-order chi connectivity index (χ1) is 5.21. The van der Waals surface area contributed by atoms with E-state index >= 15 is 0 Å². The molecule has 3 heteroatoms. The zero-order valence-corrected chi connectivity index (χ0v) is 6.21. The number of hydrogen-bond donors (Lipinski definition) is 2. The monoisotopic (exact) mass is 151 g/mol. The molecule has 1 aliphatic rings. The molecule has 3 N–H and O–H groups in total. The van der Waals surface area contributed by atoms with Gasteiger partial charge in [0.2, 0.25) is 5.91 Å². The molecule has 1 unspecified atom stereocenters. The Balaban J connectivity index is 2.85. The van der Waals surface area contributed by atoms with Crippen LogP contribution in [0.3, 0.4) is 0 Å². The Hall–Kier alpha value is -1.25. The summed E-state index contributed by atoms with van der Waals surface area (Å²) in [5.74, 6) is -0.395. The Morgan fingerprint density at radius 3 is 2.64 bits per heavy atom. The van der Waals surface area contributed by atoms with Crippen LogP contribution in [0.25, 0.3) is 0 Å². The third-order valence-corrected chi connectivity index (χ3v) is 1.76. The summed E-state index contributed by atoms with van der Waals surface area (Å²) < 4.78 is 0. The number of carbonyl (C=O) groups excluding carboxylic acids is 1. The van der Waals surface area contributed by atoms with Crippen molar-refractivity contribution in [2.45, 2.75) is 12.0 Å². The van der Waals surface area contributed by atoms with Gasteiger partial charge >= 0.3 is 0 Å². The molecule has 0 bridgehead atoms. The standard InChI is InChI=1S/C8H11N2O/c1-2-8(7(9)11)5-3-4-6-10-8/h3-6,10H,1-2H2,(H2,9,11). The SMILES string of the molecule is [CH2]CC1(C(N)=O)C=CC=CN1. The van der Waals surface area contributed by atoms with Crippen molar-refractivity contribution >= 4 is 5.91 Å². The van der Waals surface area contributed by atoms with Gasteiger partial charge in [-0.15, -0.1) is 0 Å². The van der Waals surface area contributed by atoms with E-state index < -0.39 is 11.4 Å². The maximum Gasteiger partial charge on any atom is 0.247 e. The quantitative estimate of drug-likeness (QED) is 0.588. The molecule has 3 nitrogen and oxygen atoms in total. The molecule has 1 atom stereocenters. The van der Waals surface area contributed by atoms with Crippen molar-refractivity contribution in [2.24, 2.45) is 5.73 Å². The molecule has 0 saturated carbocycles. The number of hydrogen-bond acceptors (Lipinski definition) is 2. The van der Waals surface area contributed by atoms with Gasteiger partial charge < -0.3 is 11.1 Å². The lowest BCUT2D eigenvalue weighted by Crippen LogP contribution is -2.52. The van der Waals surface area contributed by atoms with Crippen molar-refractivity contribution in [3.8, 4) is 0 Å². The van der Waals surface area contributed by atoms with Crippen molar-refractivity contribution in [1.29, 1.82) is 0 Å². The number of rotatable bonds is 2. The Kier molecular flexibility index (Phi) is 1.98. The fourth-order valence-corrected chi connectivity index (χ4v) is 0.952. The fourth-order valence-electron chi connectivity index (χ4n) is 0.952. The number of amides is 1. The molecule has 0 spiro atoms. The van der Waals surface area contributed by atoms with Crippen LogP contribution in [-0.2, 0) is 4.79 Å². The molecule has 0 aromatic rings. The van der Waals surface area contributed by atoms with Gasteiger partial charge in [0, 0.05) is 0 Å². The average Bonchev–Trinajstić information content (AvgIpc) is 2.05. The number of dihydropyridines is 1. The number of allylic oxidation sites excluding steroid dienone is 2. The predicted molar refractivity (Wildman–Crippen MR) is 43.3 cm³/mol. The Bertz CT molecular complexity index is 220. The third kappa shape index (κ3) is 1.27.